The summed E-state index contributed by atoms with van der Waals surface area (Å²) in [6.07, 6.45) is 4.58. The SMILES string of the molecule is Cc1ccccc1CCn1c2cc(-c3cnc(N4CCOCC4)nc3)ccc2c(=O)n1C. The highest BCUT2D eigenvalue weighted by molar-refractivity contribution is 5.84. The Morgan fingerprint density at radius 2 is 1.75 bits per heavy atom. The lowest BCUT2D eigenvalue weighted by Gasteiger charge is -2.26. The Hall–Kier alpha value is -3.45. The van der Waals surface area contributed by atoms with E-state index in [1.165, 1.54) is 11.1 Å². The minimum absolute atomic E-state index is 0.0234. The molecule has 7 nitrogen and oxygen atoms in total. The van der Waals surface area contributed by atoms with Crippen molar-refractivity contribution in [3.05, 3.63) is 76.3 Å². The first-order chi connectivity index (χ1) is 15.6. The van der Waals surface area contributed by atoms with E-state index in [4.69, 9.17) is 4.74 Å². The number of fused-ring (bicyclic) bond motifs is 1. The van der Waals surface area contributed by atoms with Crippen LogP contribution in [0.25, 0.3) is 22.0 Å². The fraction of sp³-hybridized carbons (Fsp3) is 0.320. The Morgan fingerprint density at radius 3 is 2.50 bits per heavy atom. The summed E-state index contributed by atoms with van der Waals surface area (Å²) in [4.78, 5) is 24.1. The number of hydrogen-bond acceptors (Lipinski definition) is 5. The fourth-order valence-corrected chi connectivity index (χ4v) is 4.34. The summed E-state index contributed by atoms with van der Waals surface area (Å²) >= 11 is 0. The quantitative estimate of drug-likeness (QED) is 0.488. The van der Waals surface area contributed by atoms with Crippen molar-refractivity contribution in [3.8, 4) is 11.1 Å². The van der Waals surface area contributed by atoms with Crippen LogP contribution in [-0.4, -0.2) is 45.6 Å². The molecule has 0 amide bonds. The number of hydrogen-bond donors (Lipinski definition) is 0. The molecule has 0 unspecified atom stereocenters. The van der Waals surface area contributed by atoms with Crippen LogP contribution in [0.3, 0.4) is 0 Å². The minimum Gasteiger partial charge on any atom is -0.378 e. The topological polar surface area (TPSA) is 65.2 Å². The van der Waals surface area contributed by atoms with E-state index in [2.05, 4.69) is 56.8 Å². The highest BCUT2D eigenvalue weighted by atomic mass is 16.5. The maximum absolute atomic E-state index is 12.8. The summed E-state index contributed by atoms with van der Waals surface area (Å²) < 4.78 is 9.18. The lowest BCUT2D eigenvalue weighted by atomic mass is 10.1. The minimum atomic E-state index is 0.0234. The van der Waals surface area contributed by atoms with Gasteiger partial charge in [0.1, 0.15) is 0 Å². The van der Waals surface area contributed by atoms with Gasteiger partial charge in [0.05, 0.1) is 24.1 Å². The normalized spacial score (nSPS) is 14.2. The number of nitrogens with zero attached hydrogens (tertiary/aromatic N) is 5. The maximum Gasteiger partial charge on any atom is 0.274 e. The van der Waals surface area contributed by atoms with E-state index in [0.29, 0.717) is 13.2 Å². The molecular weight excluding hydrogens is 402 g/mol. The summed E-state index contributed by atoms with van der Waals surface area (Å²) in [6.45, 7) is 5.88. The largest absolute Gasteiger partial charge is 0.378 e. The van der Waals surface area contributed by atoms with E-state index in [-0.39, 0.29) is 5.56 Å². The van der Waals surface area contributed by atoms with Gasteiger partial charge >= 0.3 is 0 Å². The van der Waals surface area contributed by atoms with Crippen molar-refractivity contribution in [1.29, 1.82) is 0 Å². The van der Waals surface area contributed by atoms with Crippen LogP contribution in [0.5, 0.6) is 0 Å². The van der Waals surface area contributed by atoms with Crippen LogP contribution in [0.4, 0.5) is 5.95 Å². The second kappa shape index (κ2) is 8.59. The molecule has 32 heavy (non-hydrogen) atoms. The first kappa shape index (κ1) is 20.5. The smallest absolute Gasteiger partial charge is 0.274 e. The second-order valence-corrected chi connectivity index (χ2v) is 8.23. The van der Waals surface area contributed by atoms with Gasteiger partial charge in [-0.2, -0.15) is 0 Å². The molecule has 4 aromatic rings. The lowest BCUT2D eigenvalue weighted by Crippen LogP contribution is -2.37. The summed E-state index contributed by atoms with van der Waals surface area (Å²) in [5.74, 6) is 0.730. The van der Waals surface area contributed by atoms with Crippen molar-refractivity contribution in [1.82, 2.24) is 19.3 Å². The van der Waals surface area contributed by atoms with E-state index in [1.54, 1.807) is 4.68 Å². The molecule has 0 saturated carbocycles. The number of anilines is 1. The zero-order chi connectivity index (χ0) is 22.1. The van der Waals surface area contributed by atoms with Gasteiger partial charge in [-0.05, 0) is 42.2 Å². The molecule has 2 aromatic heterocycles. The lowest BCUT2D eigenvalue weighted by molar-refractivity contribution is 0.122. The van der Waals surface area contributed by atoms with Gasteiger partial charge in [-0.1, -0.05) is 30.3 Å². The van der Waals surface area contributed by atoms with Gasteiger partial charge in [-0.3, -0.25) is 14.2 Å². The number of benzene rings is 2. The third-order valence-electron chi connectivity index (χ3n) is 6.28. The maximum atomic E-state index is 12.8. The van der Waals surface area contributed by atoms with E-state index in [1.807, 2.05) is 31.6 Å². The molecule has 0 N–H and O–H groups in total. The molecule has 1 fully saturated rings. The predicted molar refractivity (Wildman–Crippen MR) is 126 cm³/mol. The van der Waals surface area contributed by atoms with Gasteiger partial charge in [-0.25, -0.2) is 9.97 Å². The standard InChI is InChI=1S/C25H27N5O2/c1-18-5-3-4-6-19(18)9-10-30-23-15-20(7-8-22(23)24(31)28(30)2)21-16-26-25(27-17-21)29-11-13-32-14-12-29/h3-8,15-17H,9-14H2,1-2H3. The average Bonchev–Trinajstić information content (AvgIpc) is 3.08. The van der Waals surface area contributed by atoms with E-state index in [0.717, 1.165) is 54.0 Å². The van der Waals surface area contributed by atoms with Crippen molar-refractivity contribution < 1.29 is 4.74 Å². The van der Waals surface area contributed by atoms with Crippen molar-refractivity contribution in [2.75, 3.05) is 31.2 Å². The molecule has 0 radical (unpaired) electrons. The van der Waals surface area contributed by atoms with Gasteiger partial charge in [0.15, 0.2) is 0 Å². The molecule has 5 rings (SSSR count). The van der Waals surface area contributed by atoms with Crippen LogP contribution >= 0.6 is 0 Å². The van der Waals surface area contributed by atoms with E-state index < -0.39 is 0 Å². The van der Waals surface area contributed by atoms with E-state index >= 15 is 0 Å². The Kier molecular flexibility index (Phi) is 5.49. The van der Waals surface area contributed by atoms with Crippen molar-refractivity contribution in [3.63, 3.8) is 0 Å². The van der Waals surface area contributed by atoms with Gasteiger partial charge < -0.3 is 9.64 Å². The number of aryl methyl sites for hydroxylation is 3. The Bertz CT molecular complexity index is 1300. The number of aromatic nitrogens is 4. The highest BCUT2D eigenvalue weighted by Gasteiger charge is 2.15. The molecule has 0 spiro atoms. The van der Waals surface area contributed by atoms with Crippen LogP contribution < -0.4 is 10.5 Å². The third kappa shape index (κ3) is 3.80. The van der Waals surface area contributed by atoms with Crippen molar-refractivity contribution in [2.45, 2.75) is 19.9 Å². The average molecular weight is 430 g/mol. The summed E-state index contributed by atoms with van der Waals surface area (Å²) in [6, 6.07) is 14.3. The molecule has 1 aliphatic rings. The molecule has 3 heterocycles. The van der Waals surface area contributed by atoms with Gasteiger partial charge in [0, 0.05) is 44.6 Å². The number of ether oxygens (including phenoxy) is 1. The Balaban J connectivity index is 1.46. The molecule has 0 atom stereocenters. The molecule has 2 aromatic carbocycles. The Morgan fingerprint density at radius 1 is 1.00 bits per heavy atom. The molecule has 1 aliphatic heterocycles. The zero-order valence-corrected chi connectivity index (χ0v) is 18.5. The molecule has 7 heteroatoms. The summed E-state index contributed by atoms with van der Waals surface area (Å²) in [5.41, 5.74) is 5.46. The second-order valence-electron chi connectivity index (χ2n) is 8.23. The Labute approximate surface area is 186 Å². The van der Waals surface area contributed by atoms with Crippen LogP contribution in [0, 0.1) is 6.92 Å². The van der Waals surface area contributed by atoms with Crippen LogP contribution in [-0.2, 0) is 24.8 Å². The van der Waals surface area contributed by atoms with Crippen molar-refractivity contribution >= 4 is 16.9 Å². The van der Waals surface area contributed by atoms with Gasteiger partial charge in [0.2, 0.25) is 5.95 Å². The fourth-order valence-electron chi connectivity index (χ4n) is 4.34. The summed E-state index contributed by atoms with van der Waals surface area (Å²) in [5, 5.41) is 0.729. The molecule has 0 aliphatic carbocycles. The highest BCUT2D eigenvalue weighted by Crippen LogP contribution is 2.24. The first-order valence-corrected chi connectivity index (χ1v) is 11.0. The van der Waals surface area contributed by atoms with Crippen molar-refractivity contribution in [2.24, 2.45) is 7.05 Å². The third-order valence-corrected chi connectivity index (χ3v) is 6.28. The van der Waals surface area contributed by atoms with Crippen LogP contribution in [0.1, 0.15) is 11.1 Å². The van der Waals surface area contributed by atoms with Gasteiger partial charge in [0.25, 0.3) is 5.56 Å². The first-order valence-electron chi connectivity index (χ1n) is 11.0. The zero-order valence-electron chi connectivity index (χ0n) is 18.5. The predicted octanol–water partition coefficient (Wildman–Crippen LogP) is 3.18. The molecule has 0 bridgehead atoms. The monoisotopic (exact) mass is 429 g/mol. The van der Waals surface area contributed by atoms with E-state index in [9.17, 15) is 4.79 Å². The van der Waals surface area contributed by atoms with Crippen LogP contribution in [0.2, 0.25) is 0 Å². The number of morpholine rings is 1. The summed E-state index contributed by atoms with van der Waals surface area (Å²) in [7, 11) is 1.83. The van der Waals surface area contributed by atoms with Crippen LogP contribution in [0.15, 0.2) is 59.7 Å². The molecule has 164 valence electrons. The molecule has 1 saturated heterocycles. The van der Waals surface area contributed by atoms with Gasteiger partial charge in [-0.15, -0.1) is 0 Å². The number of rotatable bonds is 5. The molecular formula is C25H27N5O2.